The average molecular weight is 520 g/mol. The van der Waals surface area contributed by atoms with E-state index >= 15 is 0 Å². The fourth-order valence-corrected chi connectivity index (χ4v) is 4.90. The molecule has 0 fully saturated rings. The third kappa shape index (κ3) is 5.49. The molecule has 4 aromatic rings. The van der Waals surface area contributed by atoms with Gasteiger partial charge in [0, 0.05) is 33.1 Å². The molecular formula is C23H20BrClN2O3S. The standard InChI is InChI=1S/C23H20BrClN2O3S/c24-17-4-1-5-20(13-17)30-19-7-9-21(10-8-19)31(28,29)27-12-2-3-16-15-26-23-11-6-18(25)14-22(16)23/h1,4-11,13-15,26-27H,2-3,12H2. The minimum atomic E-state index is -3.59. The fraction of sp³-hybridized carbons (Fsp3) is 0.130. The van der Waals surface area contributed by atoms with Gasteiger partial charge < -0.3 is 9.72 Å². The minimum absolute atomic E-state index is 0.202. The molecule has 8 heteroatoms. The zero-order chi connectivity index (χ0) is 21.8. The third-order valence-electron chi connectivity index (χ3n) is 4.81. The van der Waals surface area contributed by atoms with E-state index in [1.54, 1.807) is 12.1 Å². The van der Waals surface area contributed by atoms with E-state index in [2.05, 4.69) is 25.6 Å². The lowest BCUT2D eigenvalue weighted by Gasteiger charge is -2.09. The van der Waals surface area contributed by atoms with Crippen LogP contribution >= 0.6 is 27.5 Å². The van der Waals surface area contributed by atoms with Crippen LogP contribution < -0.4 is 9.46 Å². The maximum Gasteiger partial charge on any atom is 0.240 e. The number of hydrogen-bond acceptors (Lipinski definition) is 3. The molecular weight excluding hydrogens is 500 g/mol. The van der Waals surface area contributed by atoms with Crippen molar-refractivity contribution in [2.45, 2.75) is 17.7 Å². The van der Waals surface area contributed by atoms with Crippen LogP contribution in [0.15, 0.2) is 82.3 Å². The summed E-state index contributed by atoms with van der Waals surface area (Å²) in [6.07, 6.45) is 3.35. The van der Waals surface area contributed by atoms with Crippen molar-refractivity contribution in [1.82, 2.24) is 9.71 Å². The Hall–Kier alpha value is -2.32. The van der Waals surface area contributed by atoms with Gasteiger partial charge in [0.25, 0.3) is 0 Å². The molecule has 0 aliphatic heterocycles. The summed E-state index contributed by atoms with van der Waals surface area (Å²) < 4.78 is 34.5. The van der Waals surface area contributed by atoms with Crippen LogP contribution in [0, 0.1) is 0 Å². The molecule has 3 aromatic carbocycles. The average Bonchev–Trinajstić information content (AvgIpc) is 3.14. The van der Waals surface area contributed by atoms with Crippen molar-refractivity contribution in [1.29, 1.82) is 0 Å². The smallest absolute Gasteiger partial charge is 0.240 e. The predicted molar refractivity (Wildman–Crippen MR) is 127 cm³/mol. The van der Waals surface area contributed by atoms with Crippen molar-refractivity contribution in [3.63, 3.8) is 0 Å². The lowest BCUT2D eigenvalue weighted by Crippen LogP contribution is -2.25. The van der Waals surface area contributed by atoms with Crippen LogP contribution in [0.3, 0.4) is 0 Å². The van der Waals surface area contributed by atoms with Crippen LogP contribution in [0.25, 0.3) is 10.9 Å². The molecule has 160 valence electrons. The van der Waals surface area contributed by atoms with Crippen molar-refractivity contribution >= 4 is 48.5 Å². The Morgan fingerprint density at radius 2 is 1.81 bits per heavy atom. The highest BCUT2D eigenvalue weighted by atomic mass is 79.9. The van der Waals surface area contributed by atoms with Crippen LogP contribution in [0.1, 0.15) is 12.0 Å². The molecule has 0 bridgehead atoms. The Morgan fingerprint density at radius 3 is 2.58 bits per heavy atom. The second-order valence-electron chi connectivity index (χ2n) is 7.04. The first-order chi connectivity index (χ1) is 14.9. The van der Waals surface area contributed by atoms with Crippen molar-refractivity contribution in [3.05, 3.63) is 88.0 Å². The molecule has 0 amide bonds. The first-order valence-electron chi connectivity index (χ1n) is 9.69. The van der Waals surface area contributed by atoms with Gasteiger partial charge in [0.2, 0.25) is 10.0 Å². The lowest BCUT2D eigenvalue weighted by molar-refractivity contribution is 0.482. The number of sulfonamides is 1. The third-order valence-corrected chi connectivity index (χ3v) is 7.02. The zero-order valence-corrected chi connectivity index (χ0v) is 19.6. The molecule has 1 aromatic heterocycles. The summed E-state index contributed by atoms with van der Waals surface area (Å²) in [5.74, 6) is 1.23. The van der Waals surface area contributed by atoms with E-state index in [9.17, 15) is 8.42 Å². The van der Waals surface area contributed by atoms with E-state index in [0.29, 0.717) is 29.5 Å². The Balaban J connectivity index is 1.33. The molecule has 31 heavy (non-hydrogen) atoms. The molecule has 0 aliphatic carbocycles. The minimum Gasteiger partial charge on any atom is -0.457 e. The topological polar surface area (TPSA) is 71.2 Å². The summed E-state index contributed by atoms with van der Waals surface area (Å²) in [4.78, 5) is 3.41. The summed E-state index contributed by atoms with van der Waals surface area (Å²) >= 11 is 9.48. The monoisotopic (exact) mass is 518 g/mol. The van der Waals surface area contributed by atoms with Crippen molar-refractivity contribution < 1.29 is 13.2 Å². The fourth-order valence-electron chi connectivity index (χ4n) is 3.28. The van der Waals surface area contributed by atoms with Gasteiger partial charge in [-0.25, -0.2) is 13.1 Å². The summed E-state index contributed by atoms with van der Waals surface area (Å²) in [6, 6.07) is 19.5. The Kier molecular flexibility index (Phi) is 6.67. The van der Waals surface area contributed by atoms with Gasteiger partial charge in [0.1, 0.15) is 11.5 Å². The molecule has 0 radical (unpaired) electrons. The number of ether oxygens (including phenoxy) is 1. The summed E-state index contributed by atoms with van der Waals surface area (Å²) in [6.45, 7) is 0.339. The maximum atomic E-state index is 12.6. The molecule has 0 saturated heterocycles. The van der Waals surface area contributed by atoms with Gasteiger partial charge in [-0.05, 0) is 79.1 Å². The van der Waals surface area contributed by atoms with Crippen LogP contribution in [0.4, 0.5) is 0 Å². The van der Waals surface area contributed by atoms with E-state index in [4.69, 9.17) is 16.3 Å². The summed E-state index contributed by atoms with van der Waals surface area (Å²) in [7, 11) is -3.59. The number of rotatable bonds is 8. The normalized spacial score (nSPS) is 11.7. The van der Waals surface area contributed by atoms with Gasteiger partial charge in [-0.15, -0.1) is 0 Å². The molecule has 0 atom stereocenters. The molecule has 2 N–H and O–H groups in total. The number of aryl methyl sites for hydroxylation is 1. The van der Waals surface area contributed by atoms with E-state index in [1.165, 1.54) is 12.1 Å². The number of benzene rings is 3. The Labute approximate surface area is 194 Å². The Morgan fingerprint density at radius 1 is 1.00 bits per heavy atom. The quantitative estimate of drug-likeness (QED) is 0.269. The second-order valence-corrected chi connectivity index (χ2v) is 10.2. The number of nitrogens with one attached hydrogen (secondary N) is 2. The number of aromatic amines is 1. The summed E-state index contributed by atoms with van der Waals surface area (Å²) in [5.41, 5.74) is 2.14. The van der Waals surface area contributed by atoms with Gasteiger partial charge in [-0.2, -0.15) is 0 Å². The van der Waals surface area contributed by atoms with Crippen LogP contribution in [0.2, 0.25) is 5.02 Å². The number of fused-ring (bicyclic) bond motifs is 1. The van der Waals surface area contributed by atoms with E-state index in [-0.39, 0.29) is 4.90 Å². The molecule has 5 nitrogen and oxygen atoms in total. The number of halogens is 2. The first kappa shape index (κ1) is 21.9. The van der Waals surface area contributed by atoms with E-state index < -0.39 is 10.0 Å². The summed E-state index contributed by atoms with van der Waals surface area (Å²) in [5, 5.41) is 1.75. The largest absolute Gasteiger partial charge is 0.457 e. The van der Waals surface area contributed by atoms with E-state index in [0.717, 1.165) is 27.4 Å². The first-order valence-corrected chi connectivity index (χ1v) is 12.3. The zero-order valence-electron chi connectivity index (χ0n) is 16.4. The van der Waals surface area contributed by atoms with Crippen LogP contribution in [-0.4, -0.2) is 19.9 Å². The molecule has 0 saturated carbocycles. The molecule has 0 aliphatic rings. The van der Waals surface area contributed by atoms with Crippen molar-refractivity contribution in [2.24, 2.45) is 0 Å². The second kappa shape index (κ2) is 9.44. The highest BCUT2D eigenvalue weighted by molar-refractivity contribution is 9.10. The molecule has 1 heterocycles. The maximum absolute atomic E-state index is 12.6. The molecule has 0 spiro atoms. The SMILES string of the molecule is O=S(=O)(NCCCc1c[nH]c2ccc(Cl)cc12)c1ccc(Oc2cccc(Br)c2)cc1. The highest BCUT2D eigenvalue weighted by Crippen LogP contribution is 2.26. The Bertz CT molecular complexity index is 1300. The van der Waals surface area contributed by atoms with Gasteiger partial charge in [0.05, 0.1) is 4.90 Å². The van der Waals surface area contributed by atoms with Crippen molar-refractivity contribution in [3.8, 4) is 11.5 Å². The molecule has 4 rings (SSSR count). The van der Waals surface area contributed by atoms with Gasteiger partial charge in [0.15, 0.2) is 0 Å². The van der Waals surface area contributed by atoms with Gasteiger partial charge in [-0.1, -0.05) is 33.6 Å². The number of aromatic nitrogens is 1. The van der Waals surface area contributed by atoms with Crippen LogP contribution in [-0.2, 0) is 16.4 Å². The number of hydrogen-bond donors (Lipinski definition) is 2. The predicted octanol–water partition coefficient (Wildman–Crippen LogP) is 6.29. The van der Waals surface area contributed by atoms with Gasteiger partial charge >= 0.3 is 0 Å². The lowest BCUT2D eigenvalue weighted by atomic mass is 10.1. The van der Waals surface area contributed by atoms with Crippen molar-refractivity contribution in [2.75, 3.05) is 6.54 Å². The van der Waals surface area contributed by atoms with E-state index in [1.807, 2.05) is 48.7 Å². The highest BCUT2D eigenvalue weighted by Gasteiger charge is 2.14. The van der Waals surface area contributed by atoms with Crippen LogP contribution in [0.5, 0.6) is 11.5 Å². The van der Waals surface area contributed by atoms with Gasteiger partial charge in [-0.3, -0.25) is 0 Å². The molecule has 0 unspecified atom stereocenters. The number of H-pyrrole nitrogens is 1.